The van der Waals surface area contributed by atoms with E-state index in [1.54, 1.807) is 6.20 Å². The number of esters is 1. The van der Waals surface area contributed by atoms with Gasteiger partial charge < -0.3 is 19.7 Å². The van der Waals surface area contributed by atoms with Crippen molar-refractivity contribution in [1.82, 2.24) is 20.1 Å². The average molecular weight is 572 g/mol. The smallest absolute Gasteiger partial charge is 0.421 e. The van der Waals surface area contributed by atoms with Crippen molar-refractivity contribution < 1.29 is 37.4 Å². The summed E-state index contributed by atoms with van der Waals surface area (Å²) in [5.41, 5.74) is 1.07. The zero-order valence-electron chi connectivity index (χ0n) is 22.7. The maximum atomic E-state index is 14.0. The van der Waals surface area contributed by atoms with Gasteiger partial charge in [-0.15, -0.1) is 0 Å². The summed E-state index contributed by atoms with van der Waals surface area (Å²) in [4.78, 5) is 62.5. The maximum Gasteiger partial charge on any atom is 0.421 e. The van der Waals surface area contributed by atoms with Crippen LogP contribution < -0.4 is 5.32 Å². The summed E-state index contributed by atoms with van der Waals surface area (Å²) < 4.78 is 37.3. The van der Waals surface area contributed by atoms with E-state index in [9.17, 15) is 28.0 Å². The number of likely N-dealkylation sites (tertiary alicyclic amines) is 1. The van der Waals surface area contributed by atoms with Gasteiger partial charge in [-0.25, -0.2) is 23.3 Å². The van der Waals surface area contributed by atoms with Crippen molar-refractivity contribution in [3.63, 3.8) is 0 Å². The Bertz CT molecular complexity index is 1320. The van der Waals surface area contributed by atoms with E-state index in [0.717, 1.165) is 58.0 Å². The number of aromatic nitrogens is 1. The summed E-state index contributed by atoms with van der Waals surface area (Å²) >= 11 is 0. The molecule has 1 aromatic heterocycles. The fourth-order valence-electron chi connectivity index (χ4n) is 5.16. The van der Waals surface area contributed by atoms with E-state index in [-0.39, 0.29) is 12.0 Å². The van der Waals surface area contributed by atoms with Crippen LogP contribution in [0.5, 0.6) is 0 Å². The molecule has 2 aromatic rings. The van der Waals surface area contributed by atoms with Crippen LogP contribution in [-0.4, -0.2) is 78.5 Å². The maximum absolute atomic E-state index is 14.0. The van der Waals surface area contributed by atoms with Gasteiger partial charge in [-0.3, -0.25) is 14.6 Å². The van der Waals surface area contributed by atoms with Gasteiger partial charge in [-0.1, -0.05) is 12.1 Å². The van der Waals surface area contributed by atoms with E-state index in [2.05, 4.69) is 20.2 Å². The van der Waals surface area contributed by atoms with E-state index >= 15 is 0 Å². The molecule has 0 aliphatic carbocycles. The molecule has 13 heteroatoms. The standard InChI is InChI=1S/C28H31F2N5O6/c1-40-26(37)23-24(18-8-9-19(29)20(30)16-18)32-27(38)33-25(23)35(28(39)41-2)22(36)7-5-13-34-14-10-17(11-15-34)21-6-3-4-12-31-21/h3-4,6,8-9,12,16-17,23-24H,5,7,10-11,13-15H2,1-2H3,(H,32,38). The van der Waals surface area contributed by atoms with Crippen LogP contribution in [0, 0.1) is 17.6 Å². The minimum absolute atomic E-state index is 0.00594. The number of amides is 4. The van der Waals surface area contributed by atoms with Gasteiger partial charge in [-0.2, -0.15) is 4.99 Å². The van der Waals surface area contributed by atoms with Gasteiger partial charge in [0.2, 0.25) is 5.91 Å². The molecule has 2 unspecified atom stereocenters. The lowest BCUT2D eigenvalue weighted by molar-refractivity contribution is -0.144. The first-order valence-corrected chi connectivity index (χ1v) is 13.2. The lowest BCUT2D eigenvalue weighted by Crippen LogP contribution is -2.54. The number of imide groups is 1. The molecule has 0 saturated carbocycles. The summed E-state index contributed by atoms with van der Waals surface area (Å²) in [5.74, 6) is -5.74. The first-order valence-electron chi connectivity index (χ1n) is 13.2. The van der Waals surface area contributed by atoms with Crippen LogP contribution in [0.15, 0.2) is 47.6 Å². The van der Waals surface area contributed by atoms with Crippen molar-refractivity contribution in [2.24, 2.45) is 10.9 Å². The number of carbonyl (C=O) groups is 4. The number of methoxy groups -OCH3 is 2. The molecule has 218 valence electrons. The first kappa shape index (κ1) is 29.7. The topological polar surface area (TPSA) is 130 Å². The molecule has 0 spiro atoms. The van der Waals surface area contributed by atoms with Crippen LogP contribution in [0.3, 0.4) is 0 Å². The third kappa shape index (κ3) is 6.91. The number of piperidine rings is 1. The summed E-state index contributed by atoms with van der Waals surface area (Å²) in [7, 11) is 2.11. The highest BCUT2D eigenvalue weighted by molar-refractivity contribution is 6.19. The van der Waals surface area contributed by atoms with E-state index in [1.807, 2.05) is 18.2 Å². The van der Waals surface area contributed by atoms with E-state index in [1.165, 1.54) is 6.07 Å². The van der Waals surface area contributed by atoms with Crippen molar-refractivity contribution in [1.29, 1.82) is 0 Å². The zero-order chi connectivity index (χ0) is 29.5. The lowest BCUT2D eigenvalue weighted by atomic mass is 9.89. The number of amidine groups is 1. The number of hydrogen-bond acceptors (Lipinski definition) is 8. The van der Waals surface area contributed by atoms with Crippen molar-refractivity contribution in [2.75, 3.05) is 33.9 Å². The number of halogens is 2. The number of carbonyl (C=O) groups excluding carboxylic acids is 4. The molecule has 1 N–H and O–H groups in total. The number of hydrogen-bond donors (Lipinski definition) is 1. The van der Waals surface area contributed by atoms with Crippen molar-refractivity contribution in [3.05, 3.63) is 65.5 Å². The fraction of sp³-hybridized carbons (Fsp3) is 0.429. The SMILES string of the molecule is COC(=O)C1C(N(C(=O)CCCN2CCC(c3ccccn3)CC2)C(=O)OC)=NC(=O)NC1c1ccc(F)c(F)c1. The van der Waals surface area contributed by atoms with E-state index in [4.69, 9.17) is 9.47 Å². The van der Waals surface area contributed by atoms with Gasteiger partial charge in [0.15, 0.2) is 11.6 Å². The predicted molar refractivity (Wildman–Crippen MR) is 142 cm³/mol. The summed E-state index contributed by atoms with van der Waals surface area (Å²) in [6, 6.07) is 6.38. The first-order chi connectivity index (χ1) is 19.7. The molecule has 11 nitrogen and oxygen atoms in total. The molecule has 2 atom stereocenters. The van der Waals surface area contributed by atoms with E-state index in [0.29, 0.717) is 23.8 Å². The van der Waals surface area contributed by atoms with Crippen LogP contribution >= 0.6 is 0 Å². The van der Waals surface area contributed by atoms with Gasteiger partial charge >= 0.3 is 18.1 Å². The molecule has 3 heterocycles. The molecule has 0 bridgehead atoms. The molecule has 4 rings (SSSR count). The van der Waals surface area contributed by atoms with Crippen LogP contribution in [0.2, 0.25) is 0 Å². The number of nitrogens with one attached hydrogen (secondary N) is 1. The van der Waals surface area contributed by atoms with Crippen molar-refractivity contribution >= 4 is 29.8 Å². The number of aliphatic imine (C=N–C) groups is 1. The number of ether oxygens (including phenoxy) is 2. The van der Waals surface area contributed by atoms with Gasteiger partial charge in [0.25, 0.3) is 0 Å². The normalized spacial score (nSPS) is 19.6. The monoisotopic (exact) mass is 571 g/mol. The second-order valence-corrected chi connectivity index (χ2v) is 9.74. The highest BCUT2D eigenvalue weighted by atomic mass is 19.2. The van der Waals surface area contributed by atoms with Crippen molar-refractivity contribution in [2.45, 2.75) is 37.6 Å². The van der Waals surface area contributed by atoms with Crippen LogP contribution in [0.4, 0.5) is 18.4 Å². The van der Waals surface area contributed by atoms with Crippen LogP contribution in [0.1, 0.15) is 48.9 Å². The number of rotatable bonds is 7. The van der Waals surface area contributed by atoms with Crippen LogP contribution in [0.25, 0.3) is 0 Å². The highest BCUT2D eigenvalue weighted by Crippen LogP contribution is 2.31. The summed E-state index contributed by atoms with van der Waals surface area (Å²) in [6.07, 6.45) is 2.76. The Balaban J connectivity index is 1.47. The third-order valence-electron chi connectivity index (χ3n) is 7.26. The Morgan fingerprint density at radius 1 is 1.07 bits per heavy atom. The molecular formula is C28H31F2N5O6. The summed E-state index contributed by atoms with van der Waals surface area (Å²) in [6.45, 7) is 2.23. The molecule has 1 saturated heterocycles. The Hall–Kier alpha value is -4.26. The Morgan fingerprint density at radius 2 is 1.83 bits per heavy atom. The second-order valence-electron chi connectivity index (χ2n) is 9.74. The lowest BCUT2D eigenvalue weighted by Gasteiger charge is -2.34. The molecule has 2 aliphatic heterocycles. The van der Waals surface area contributed by atoms with Crippen molar-refractivity contribution in [3.8, 4) is 0 Å². The minimum Gasteiger partial charge on any atom is -0.468 e. The molecular weight excluding hydrogens is 540 g/mol. The Labute approximate surface area is 235 Å². The van der Waals surface area contributed by atoms with Gasteiger partial charge in [0.1, 0.15) is 11.8 Å². The van der Waals surface area contributed by atoms with Crippen LogP contribution in [-0.2, 0) is 19.1 Å². The largest absolute Gasteiger partial charge is 0.468 e. The average Bonchev–Trinajstić information content (AvgIpc) is 2.98. The number of pyridine rings is 1. The number of nitrogens with zero attached hydrogens (tertiary/aromatic N) is 4. The van der Waals surface area contributed by atoms with E-state index < -0.39 is 53.4 Å². The molecule has 41 heavy (non-hydrogen) atoms. The summed E-state index contributed by atoms with van der Waals surface area (Å²) in [5, 5.41) is 2.41. The number of benzene rings is 1. The minimum atomic E-state index is -1.53. The molecule has 0 radical (unpaired) electrons. The second kappa shape index (κ2) is 13.4. The highest BCUT2D eigenvalue weighted by Gasteiger charge is 2.46. The Kier molecular flexibility index (Phi) is 9.71. The fourth-order valence-corrected chi connectivity index (χ4v) is 5.16. The third-order valence-corrected chi connectivity index (χ3v) is 7.26. The molecule has 2 aliphatic rings. The zero-order valence-corrected chi connectivity index (χ0v) is 22.7. The van der Waals surface area contributed by atoms with Gasteiger partial charge in [-0.05, 0) is 68.7 Å². The molecule has 4 amide bonds. The van der Waals surface area contributed by atoms with Gasteiger partial charge in [0, 0.05) is 24.2 Å². The predicted octanol–water partition coefficient (Wildman–Crippen LogP) is 3.57. The molecule has 1 aromatic carbocycles. The molecule has 1 fully saturated rings. The Morgan fingerprint density at radius 3 is 2.46 bits per heavy atom. The van der Waals surface area contributed by atoms with Gasteiger partial charge in [0.05, 0.1) is 20.3 Å². The number of urea groups is 1. The quantitative estimate of drug-likeness (QED) is 0.500.